The number of hydrogen-bond acceptors (Lipinski definition) is 3. The predicted octanol–water partition coefficient (Wildman–Crippen LogP) is 5.92. The zero-order valence-electron chi connectivity index (χ0n) is 19.3. The first-order valence-electron chi connectivity index (χ1n) is 11.0. The summed E-state index contributed by atoms with van der Waals surface area (Å²) >= 11 is 13.6. The van der Waals surface area contributed by atoms with Gasteiger partial charge in [0.25, 0.3) is 0 Å². The lowest BCUT2D eigenvalue weighted by molar-refractivity contribution is -0.139. The Morgan fingerprint density at radius 2 is 1.65 bits per heavy atom. The molecule has 1 N–H and O–H groups in total. The van der Waals surface area contributed by atoms with Gasteiger partial charge in [0.05, 0.1) is 15.8 Å². The summed E-state index contributed by atoms with van der Waals surface area (Å²) in [6.45, 7) is 2.38. The molecule has 3 aromatic carbocycles. The highest BCUT2D eigenvalue weighted by Crippen LogP contribution is 2.25. The lowest BCUT2D eigenvalue weighted by atomic mass is 10.0. The zero-order chi connectivity index (χ0) is 24.5. The number of carbonyl (C=O) groups is 2. The van der Waals surface area contributed by atoms with Gasteiger partial charge in [-0.15, -0.1) is 11.8 Å². The third kappa shape index (κ3) is 7.52. The lowest BCUT2D eigenvalue weighted by Gasteiger charge is -2.31. The van der Waals surface area contributed by atoms with E-state index in [2.05, 4.69) is 5.32 Å². The number of rotatable bonds is 10. The number of halogens is 2. The number of carbonyl (C=O) groups excluding carboxylic acids is 2. The second-order valence-corrected chi connectivity index (χ2v) is 9.87. The van der Waals surface area contributed by atoms with Crippen molar-refractivity contribution in [3.05, 3.63) is 105 Å². The SMILES string of the molecule is CNC(=O)[C@@H](Cc1ccccc1)N(Cc1cccc(C)c1)C(=O)CSCc1ccc(Cl)c(Cl)c1. The van der Waals surface area contributed by atoms with Crippen LogP contribution in [0.1, 0.15) is 22.3 Å². The van der Waals surface area contributed by atoms with E-state index >= 15 is 0 Å². The predicted molar refractivity (Wildman–Crippen MR) is 142 cm³/mol. The second kappa shape index (κ2) is 12.8. The van der Waals surface area contributed by atoms with Gasteiger partial charge in [0.2, 0.25) is 11.8 Å². The summed E-state index contributed by atoms with van der Waals surface area (Å²) in [6, 6.07) is 22.6. The van der Waals surface area contributed by atoms with E-state index < -0.39 is 6.04 Å². The minimum atomic E-state index is -0.619. The van der Waals surface area contributed by atoms with Crippen molar-refractivity contribution in [3.8, 4) is 0 Å². The smallest absolute Gasteiger partial charge is 0.242 e. The van der Waals surface area contributed by atoms with E-state index in [1.165, 1.54) is 11.8 Å². The van der Waals surface area contributed by atoms with Crippen LogP contribution in [0.5, 0.6) is 0 Å². The first-order valence-corrected chi connectivity index (χ1v) is 12.9. The third-order valence-corrected chi connectivity index (χ3v) is 7.16. The van der Waals surface area contributed by atoms with Gasteiger partial charge in [0, 0.05) is 25.8 Å². The lowest BCUT2D eigenvalue weighted by Crippen LogP contribution is -2.50. The maximum atomic E-state index is 13.5. The Hall–Kier alpha value is -2.47. The van der Waals surface area contributed by atoms with E-state index in [4.69, 9.17) is 23.2 Å². The van der Waals surface area contributed by atoms with E-state index in [9.17, 15) is 9.59 Å². The average molecular weight is 516 g/mol. The monoisotopic (exact) mass is 514 g/mol. The number of hydrogen-bond donors (Lipinski definition) is 1. The van der Waals surface area contributed by atoms with E-state index in [-0.39, 0.29) is 17.6 Å². The fourth-order valence-electron chi connectivity index (χ4n) is 3.70. The van der Waals surface area contributed by atoms with Crippen molar-refractivity contribution in [3.63, 3.8) is 0 Å². The fraction of sp³-hybridized carbons (Fsp3) is 0.259. The van der Waals surface area contributed by atoms with Crippen LogP contribution in [-0.4, -0.2) is 35.6 Å². The van der Waals surface area contributed by atoms with Gasteiger partial charge in [-0.1, -0.05) is 89.4 Å². The minimum Gasteiger partial charge on any atom is -0.357 e. The van der Waals surface area contributed by atoms with Crippen molar-refractivity contribution >= 4 is 46.8 Å². The number of likely N-dealkylation sites (N-methyl/N-ethyl adjacent to an activating group) is 1. The molecule has 0 saturated heterocycles. The Morgan fingerprint density at radius 1 is 0.912 bits per heavy atom. The zero-order valence-corrected chi connectivity index (χ0v) is 21.6. The van der Waals surface area contributed by atoms with Crippen LogP contribution in [0.25, 0.3) is 0 Å². The molecule has 0 radical (unpaired) electrons. The second-order valence-electron chi connectivity index (χ2n) is 8.07. The first-order chi connectivity index (χ1) is 16.4. The van der Waals surface area contributed by atoms with Gasteiger partial charge in [-0.3, -0.25) is 9.59 Å². The summed E-state index contributed by atoms with van der Waals surface area (Å²) in [7, 11) is 1.61. The molecule has 0 fully saturated rings. The summed E-state index contributed by atoms with van der Waals surface area (Å²) in [6.07, 6.45) is 0.440. The molecule has 3 aromatic rings. The standard InChI is InChI=1S/C27H28Cl2N2O2S/c1-19-7-6-10-21(13-19)16-31(25(27(33)30-2)15-20-8-4-3-5-9-20)26(32)18-34-17-22-11-12-23(28)24(29)14-22/h3-14,25H,15-18H2,1-2H3,(H,30,33)/t25-/m1/s1. The quantitative estimate of drug-likeness (QED) is 0.365. The molecule has 2 amide bonds. The molecule has 0 aliphatic heterocycles. The summed E-state index contributed by atoms with van der Waals surface area (Å²) in [5.74, 6) is 0.592. The Bertz CT molecular complexity index is 1120. The number of amides is 2. The fourth-order valence-corrected chi connectivity index (χ4v) is 4.87. The van der Waals surface area contributed by atoms with E-state index in [1.54, 1.807) is 18.0 Å². The molecular weight excluding hydrogens is 487 g/mol. The highest BCUT2D eigenvalue weighted by atomic mass is 35.5. The molecule has 0 saturated carbocycles. The van der Waals surface area contributed by atoms with Crippen molar-refractivity contribution in [1.82, 2.24) is 10.2 Å². The van der Waals surface area contributed by atoms with Gasteiger partial charge in [0.1, 0.15) is 6.04 Å². The molecule has 3 rings (SSSR count). The maximum Gasteiger partial charge on any atom is 0.242 e. The number of aryl methyl sites for hydroxylation is 1. The van der Waals surface area contributed by atoms with Gasteiger partial charge in [-0.05, 0) is 35.7 Å². The topological polar surface area (TPSA) is 49.4 Å². The maximum absolute atomic E-state index is 13.5. The number of thioether (sulfide) groups is 1. The van der Waals surface area contributed by atoms with Crippen molar-refractivity contribution in [2.75, 3.05) is 12.8 Å². The summed E-state index contributed by atoms with van der Waals surface area (Å²) in [5, 5.41) is 3.74. The minimum absolute atomic E-state index is 0.0869. The summed E-state index contributed by atoms with van der Waals surface area (Å²) < 4.78 is 0. The van der Waals surface area contributed by atoms with Crippen molar-refractivity contribution in [2.45, 2.75) is 31.7 Å². The van der Waals surface area contributed by atoms with Crippen LogP contribution in [0, 0.1) is 6.92 Å². The van der Waals surface area contributed by atoms with Crippen LogP contribution >= 0.6 is 35.0 Å². The van der Waals surface area contributed by atoms with Gasteiger partial charge >= 0.3 is 0 Å². The molecule has 1 atom stereocenters. The Morgan fingerprint density at radius 3 is 2.32 bits per heavy atom. The number of nitrogens with one attached hydrogen (secondary N) is 1. The van der Waals surface area contributed by atoms with Gasteiger partial charge < -0.3 is 10.2 Å². The van der Waals surface area contributed by atoms with Gasteiger partial charge in [-0.2, -0.15) is 0 Å². The summed E-state index contributed by atoms with van der Waals surface area (Å²) in [4.78, 5) is 28.1. The third-order valence-electron chi connectivity index (χ3n) is 5.43. The number of nitrogens with zero attached hydrogens (tertiary/aromatic N) is 1. The molecule has 0 aliphatic carbocycles. The molecule has 178 valence electrons. The normalized spacial score (nSPS) is 11.6. The Labute approximate surface area is 215 Å². The van der Waals surface area contributed by atoms with Crippen LogP contribution in [0.2, 0.25) is 10.0 Å². The number of benzene rings is 3. The van der Waals surface area contributed by atoms with Gasteiger partial charge in [0.15, 0.2) is 0 Å². The first kappa shape index (κ1) is 26.1. The van der Waals surface area contributed by atoms with E-state index in [1.807, 2.05) is 73.7 Å². The molecule has 4 nitrogen and oxygen atoms in total. The van der Waals surface area contributed by atoms with Crippen molar-refractivity contribution in [1.29, 1.82) is 0 Å². The van der Waals surface area contributed by atoms with Crippen LogP contribution in [0.15, 0.2) is 72.8 Å². The molecule has 0 heterocycles. The molecule has 0 bridgehead atoms. The largest absolute Gasteiger partial charge is 0.357 e. The average Bonchev–Trinajstić information content (AvgIpc) is 2.83. The van der Waals surface area contributed by atoms with Crippen molar-refractivity contribution < 1.29 is 9.59 Å². The van der Waals surface area contributed by atoms with Crippen LogP contribution in [0.3, 0.4) is 0 Å². The highest BCUT2D eigenvalue weighted by Gasteiger charge is 2.29. The van der Waals surface area contributed by atoms with Gasteiger partial charge in [-0.25, -0.2) is 0 Å². The van der Waals surface area contributed by atoms with Crippen LogP contribution in [-0.2, 0) is 28.3 Å². The summed E-state index contributed by atoms with van der Waals surface area (Å²) in [5.41, 5.74) is 4.09. The molecule has 0 spiro atoms. The molecule has 0 aliphatic rings. The molecular formula is C27H28Cl2N2O2S. The molecule has 7 heteroatoms. The molecule has 34 heavy (non-hydrogen) atoms. The highest BCUT2D eigenvalue weighted by molar-refractivity contribution is 7.99. The van der Waals surface area contributed by atoms with E-state index in [0.29, 0.717) is 28.8 Å². The molecule has 0 unspecified atom stereocenters. The van der Waals surface area contributed by atoms with E-state index in [0.717, 1.165) is 22.3 Å². The Kier molecular flexibility index (Phi) is 9.87. The van der Waals surface area contributed by atoms with Crippen LogP contribution in [0.4, 0.5) is 0 Å². The molecule has 0 aromatic heterocycles. The van der Waals surface area contributed by atoms with Crippen LogP contribution < -0.4 is 5.32 Å². The Balaban J connectivity index is 1.80. The van der Waals surface area contributed by atoms with Crippen molar-refractivity contribution in [2.24, 2.45) is 0 Å².